The summed E-state index contributed by atoms with van der Waals surface area (Å²) in [4.78, 5) is 35.1. The number of amides is 2. The van der Waals surface area contributed by atoms with Crippen molar-refractivity contribution in [3.63, 3.8) is 0 Å². The summed E-state index contributed by atoms with van der Waals surface area (Å²) in [6, 6.07) is 6.74. The summed E-state index contributed by atoms with van der Waals surface area (Å²) in [5, 5.41) is 2.93. The van der Waals surface area contributed by atoms with Crippen molar-refractivity contribution >= 4 is 17.7 Å². The van der Waals surface area contributed by atoms with Crippen LogP contribution in [0.2, 0.25) is 0 Å². The number of fused-ring (bicyclic) bond motifs is 4. The zero-order valence-corrected chi connectivity index (χ0v) is 14.7. The number of aromatic nitrogens is 2. The van der Waals surface area contributed by atoms with E-state index < -0.39 is 5.97 Å². The number of esters is 1. The maximum Gasteiger partial charge on any atom is 0.337 e. The normalized spacial score (nSPS) is 20.5. The third kappa shape index (κ3) is 2.79. The van der Waals surface area contributed by atoms with Gasteiger partial charge in [0.2, 0.25) is 0 Å². The monoisotopic (exact) mass is 352 g/mol. The molecule has 0 saturated carbocycles. The Bertz CT molecular complexity index is 866. The predicted molar refractivity (Wildman–Crippen MR) is 94.9 cm³/mol. The number of hydrogen-bond acceptors (Lipinski definition) is 5. The van der Waals surface area contributed by atoms with Crippen molar-refractivity contribution in [3.8, 4) is 0 Å². The first kappa shape index (κ1) is 16.5. The number of rotatable bonds is 2. The fraction of sp³-hybridized carbons (Fsp3) is 0.368. The largest absolute Gasteiger partial charge is 0.465 e. The number of hydrogen-bond donors (Lipinski definition) is 1. The number of carbonyl (C=O) groups excluding carboxylic acids is 2. The molecule has 2 unspecified atom stereocenters. The minimum absolute atomic E-state index is 0.0266. The van der Waals surface area contributed by atoms with E-state index in [0.717, 1.165) is 36.3 Å². The number of ether oxygens (including phenoxy) is 1. The molecule has 7 nitrogen and oxygen atoms in total. The van der Waals surface area contributed by atoms with Crippen molar-refractivity contribution in [3.05, 3.63) is 53.1 Å². The lowest BCUT2D eigenvalue weighted by molar-refractivity contribution is 0.0600. The average Bonchev–Trinajstić information content (AvgIpc) is 2.97. The van der Waals surface area contributed by atoms with Gasteiger partial charge in [0.05, 0.1) is 24.4 Å². The first-order valence-electron chi connectivity index (χ1n) is 8.67. The first-order valence-corrected chi connectivity index (χ1v) is 8.67. The topological polar surface area (TPSA) is 84.4 Å². The molecule has 0 aliphatic carbocycles. The summed E-state index contributed by atoms with van der Waals surface area (Å²) in [5.74, 6) is 0.371. The summed E-state index contributed by atoms with van der Waals surface area (Å²) in [6.07, 6.45) is 4.52. The van der Waals surface area contributed by atoms with Crippen LogP contribution in [0.15, 0.2) is 30.5 Å². The third-order valence-electron chi connectivity index (χ3n) is 5.10. The lowest BCUT2D eigenvalue weighted by Crippen LogP contribution is -2.44. The summed E-state index contributed by atoms with van der Waals surface area (Å²) in [7, 11) is 1.34. The second-order valence-electron chi connectivity index (χ2n) is 6.68. The standard InChI is InChI=1S/C19H20N4O3/c1-11-20-10-15-16(21-11)9-14-7-8-17(15)23(14)19(25)22-13-5-3-12(4-6-13)18(24)26-2/h3-6,10,14,17H,7-9H2,1-2H3,(H,22,25). The van der Waals surface area contributed by atoms with Gasteiger partial charge in [-0.2, -0.15) is 0 Å². The summed E-state index contributed by atoms with van der Waals surface area (Å²) < 4.78 is 4.68. The van der Waals surface area contributed by atoms with Crippen LogP contribution in [0, 0.1) is 6.92 Å². The van der Waals surface area contributed by atoms with Crippen LogP contribution < -0.4 is 5.32 Å². The SMILES string of the molecule is COC(=O)c1ccc(NC(=O)N2C3CCC2c2cnc(C)nc2C3)cc1. The molecular formula is C19H20N4O3. The van der Waals surface area contributed by atoms with Crippen molar-refractivity contribution in [2.75, 3.05) is 12.4 Å². The van der Waals surface area contributed by atoms with E-state index in [0.29, 0.717) is 11.3 Å². The van der Waals surface area contributed by atoms with Gasteiger partial charge in [-0.15, -0.1) is 0 Å². The Balaban J connectivity index is 1.52. The molecule has 1 N–H and O–H groups in total. The van der Waals surface area contributed by atoms with E-state index in [-0.39, 0.29) is 18.1 Å². The molecule has 1 aromatic carbocycles. The molecule has 1 aromatic heterocycles. The molecule has 0 spiro atoms. The molecular weight excluding hydrogens is 332 g/mol. The van der Waals surface area contributed by atoms with Crippen LogP contribution in [-0.4, -0.2) is 40.0 Å². The number of anilines is 1. The number of urea groups is 1. The van der Waals surface area contributed by atoms with Crippen LogP contribution in [0.25, 0.3) is 0 Å². The average molecular weight is 352 g/mol. The van der Waals surface area contributed by atoms with Gasteiger partial charge < -0.3 is 15.0 Å². The molecule has 2 aromatic rings. The molecule has 3 heterocycles. The highest BCUT2D eigenvalue weighted by atomic mass is 16.5. The Morgan fingerprint density at radius 2 is 2.00 bits per heavy atom. The van der Waals surface area contributed by atoms with Crippen LogP contribution in [0.4, 0.5) is 10.5 Å². The number of benzene rings is 1. The summed E-state index contributed by atoms with van der Waals surface area (Å²) in [5.41, 5.74) is 3.22. The van der Waals surface area contributed by atoms with E-state index in [1.807, 2.05) is 18.0 Å². The molecule has 2 amide bonds. The number of nitrogens with one attached hydrogen (secondary N) is 1. The highest BCUT2D eigenvalue weighted by molar-refractivity contribution is 5.92. The number of aryl methyl sites for hydroxylation is 1. The predicted octanol–water partition coefficient (Wildman–Crippen LogP) is 2.87. The van der Waals surface area contributed by atoms with Crippen LogP contribution in [0.1, 0.15) is 46.3 Å². The van der Waals surface area contributed by atoms with E-state index in [1.165, 1.54) is 7.11 Å². The highest BCUT2D eigenvalue weighted by Crippen LogP contribution is 2.43. The van der Waals surface area contributed by atoms with E-state index in [4.69, 9.17) is 0 Å². The molecule has 7 heteroatoms. The minimum Gasteiger partial charge on any atom is -0.465 e. The maximum absolute atomic E-state index is 12.9. The summed E-state index contributed by atoms with van der Waals surface area (Å²) in [6.45, 7) is 1.89. The maximum atomic E-state index is 12.9. The number of carbonyl (C=O) groups is 2. The molecule has 26 heavy (non-hydrogen) atoms. The van der Waals surface area contributed by atoms with Gasteiger partial charge in [-0.1, -0.05) is 0 Å². The fourth-order valence-corrected chi connectivity index (χ4v) is 3.88. The molecule has 2 aliphatic heterocycles. The molecule has 1 fully saturated rings. The highest BCUT2D eigenvalue weighted by Gasteiger charge is 2.43. The lowest BCUT2D eigenvalue weighted by atomic mass is 9.99. The van der Waals surface area contributed by atoms with Gasteiger partial charge in [-0.05, 0) is 44.0 Å². The Morgan fingerprint density at radius 3 is 2.73 bits per heavy atom. The van der Waals surface area contributed by atoms with E-state index in [9.17, 15) is 9.59 Å². The minimum atomic E-state index is -0.399. The first-order chi connectivity index (χ1) is 12.6. The van der Waals surface area contributed by atoms with Gasteiger partial charge in [0.1, 0.15) is 5.82 Å². The third-order valence-corrected chi connectivity index (χ3v) is 5.10. The van der Waals surface area contributed by atoms with Crippen molar-refractivity contribution < 1.29 is 14.3 Å². The van der Waals surface area contributed by atoms with Gasteiger partial charge in [-0.3, -0.25) is 0 Å². The van der Waals surface area contributed by atoms with Crippen LogP contribution in [0.3, 0.4) is 0 Å². The second-order valence-corrected chi connectivity index (χ2v) is 6.68. The van der Waals surface area contributed by atoms with Crippen LogP contribution >= 0.6 is 0 Å². The quantitative estimate of drug-likeness (QED) is 0.840. The zero-order valence-electron chi connectivity index (χ0n) is 14.7. The van der Waals surface area contributed by atoms with Gasteiger partial charge in [0, 0.05) is 29.9 Å². The van der Waals surface area contributed by atoms with Gasteiger partial charge in [0.25, 0.3) is 0 Å². The second kappa shape index (κ2) is 6.40. The van der Waals surface area contributed by atoms with Crippen molar-refractivity contribution in [1.29, 1.82) is 0 Å². The van der Waals surface area contributed by atoms with Crippen molar-refractivity contribution in [2.24, 2.45) is 0 Å². The molecule has 134 valence electrons. The van der Waals surface area contributed by atoms with Crippen molar-refractivity contribution in [2.45, 2.75) is 38.3 Å². The Hall–Kier alpha value is -2.96. The number of nitrogens with zero attached hydrogens (tertiary/aromatic N) is 3. The van der Waals surface area contributed by atoms with Gasteiger partial charge in [0.15, 0.2) is 0 Å². The Labute approximate surface area is 151 Å². The zero-order chi connectivity index (χ0) is 18.3. The Kier molecular flexibility index (Phi) is 4.06. The van der Waals surface area contributed by atoms with Crippen molar-refractivity contribution in [1.82, 2.24) is 14.9 Å². The Morgan fingerprint density at radius 1 is 1.23 bits per heavy atom. The van der Waals surface area contributed by atoms with E-state index >= 15 is 0 Å². The van der Waals surface area contributed by atoms with E-state index in [2.05, 4.69) is 20.0 Å². The van der Waals surface area contributed by atoms with Gasteiger partial charge >= 0.3 is 12.0 Å². The lowest BCUT2D eigenvalue weighted by Gasteiger charge is -2.35. The molecule has 0 radical (unpaired) electrons. The smallest absolute Gasteiger partial charge is 0.337 e. The molecule has 1 saturated heterocycles. The number of methoxy groups -OCH3 is 1. The van der Waals surface area contributed by atoms with Crippen LogP contribution in [-0.2, 0) is 11.2 Å². The fourth-order valence-electron chi connectivity index (χ4n) is 3.88. The van der Waals surface area contributed by atoms with Gasteiger partial charge in [-0.25, -0.2) is 19.6 Å². The molecule has 4 rings (SSSR count). The van der Waals surface area contributed by atoms with Crippen LogP contribution in [0.5, 0.6) is 0 Å². The molecule has 2 bridgehead atoms. The molecule has 2 aliphatic rings. The van der Waals surface area contributed by atoms with E-state index in [1.54, 1.807) is 24.3 Å². The summed E-state index contributed by atoms with van der Waals surface area (Å²) >= 11 is 0. The molecule has 2 atom stereocenters.